The van der Waals surface area contributed by atoms with Crippen LogP contribution in [0, 0.1) is 11.7 Å². The molecule has 4 nitrogen and oxygen atoms in total. The van der Waals surface area contributed by atoms with Gasteiger partial charge in [-0.15, -0.1) is 0 Å². The van der Waals surface area contributed by atoms with Crippen LogP contribution in [0.2, 0.25) is 5.02 Å². The van der Waals surface area contributed by atoms with Gasteiger partial charge in [-0.2, -0.15) is 0 Å². The number of amides is 1. The Bertz CT molecular complexity index is 493. The van der Waals surface area contributed by atoms with Gasteiger partial charge in [0.05, 0.1) is 12.5 Å². The van der Waals surface area contributed by atoms with Gasteiger partial charge in [-0.05, 0) is 31.5 Å². The third-order valence-corrected chi connectivity index (χ3v) is 4.28. The van der Waals surface area contributed by atoms with Crippen LogP contribution in [0.5, 0.6) is 0 Å². The highest BCUT2D eigenvalue weighted by atomic mass is 35.5. The maximum atomic E-state index is 13.9. The number of carbonyl (C=O) groups is 1. The maximum Gasteiger partial charge on any atom is 0.224 e. The molecule has 0 saturated carbocycles. The van der Waals surface area contributed by atoms with Crippen LogP contribution >= 0.6 is 11.6 Å². The van der Waals surface area contributed by atoms with Crippen molar-refractivity contribution in [3.05, 3.63) is 34.6 Å². The van der Waals surface area contributed by atoms with Gasteiger partial charge in [0, 0.05) is 37.3 Å². The number of piperidine rings is 1. The summed E-state index contributed by atoms with van der Waals surface area (Å²) in [5.74, 6) is -0.309. The molecule has 0 radical (unpaired) electrons. The molecule has 1 fully saturated rings. The van der Waals surface area contributed by atoms with Crippen molar-refractivity contribution in [3.8, 4) is 0 Å². The number of carbonyl (C=O) groups excluding carboxylic acids is 1. The predicted molar refractivity (Wildman–Crippen MR) is 84.3 cm³/mol. The van der Waals surface area contributed by atoms with E-state index in [0.29, 0.717) is 36.8 Å². The second-order valence-corrected chi connectivity index (χ2v) is 5.97. The molecule has 1 aliphatic rings. The van der Waals surface area contributed by atoms with Crippen molar-refractivity contribution in [2.45, 2.75) is 19.4 Å². The molecule has 1 aliphatic heterocycles. The predicted octanol–water partition coefficient (Wildman–Crippen LogP) is 2.45. The van der Waals surface area contributed by atoms with Gasteiger partial charge in [0.2, 0.25) is 5.91 Å². The van der Waals surface area contributed by atoms with Crippen LogP contribution in [0.25, 0.3) is 0 Å². The molecule has 0 spiro atoms. The third kappa shape index (κ3) is 4.66. The van der Waals surface area contributed by atoms with Gasteiger partial charge in [-0.3, -0.25) is 9.69 Å². The Hall–Kier alpha value is -1.17. The van der Waals surface area contributed by atoms with Crippen LogP contribution < -0.4 is 5.32 Å². The van der Waals surface area contributed by atoms with E-state index in [9.17, 15) is 9.18 Å². The molecule has 1 aromatic rings. The highest BCUT2D eigenvalue weighted by Gasteiger charge is 2.26. The number of nitrogens with one attached hydrogen (secondary N) is 1. The number of hydrogen-bond donors (Lipinski definition) is 1. The molecule has 1 heterocycles. The van der Waals surface area contributed by atoms with Crippen LogP contribution in [0.1, 0.15) is 18.4 Å². The lowest BCUT2D eigenvalue weighted by Crippen LogP contribution is -2.43. The maximum absolute atomic E-state index is 13.9. The van der Waals surface area contributed by atoms with E-state index in [-0.39, 0.29) is 17.6 Å². The minimum absolute atomic E-state index is 0.0429. The normalized spacial score (nSPS) is 19.1. The first kappa shape index (κ1) is 17.2. The highest BCUT2D eigenvalue weighted by molar-refractivity contribution is 6.31. The zero-order valence-corrected chi connectivity index (χ0v) is 13.5. The first-order chi connectivity index (χ1) is 10.6. The molecular formula is C16H22ClFN2O2. The van der Waals surface area contributed by atoms with Crippen molar-refractivity contribution >= 4 is 17.5 Å². The van der Waals surface area contributed by atoms with Crippen molar-refractivity contribution in [1.82, 2.24) is 10.2 Å². The van der Waals surface area contributed by atoms with Crippen LogP contribution in [0.3, 0.4) is 0 Å². The summed E-state index contributed by atoms with van der Waals surface area (Å²) in [4.78, 5) is 14.2. The van der Waals surface area contributed by atoms with Gasteiger partial charge in [0.1, 0.15) is 5.82 Å². The third-order valence-electron chi connectivity index (χ3n) is 3.93. The summed E-state index contributed by atoms with van der Waals surface area (Å²) in [6, 6.07) is 4.71. The summed E-state index contributed by atoms with van der Waals surface area (Å²) in [6.45, 7) is 2.95. The van der Waals surface area contributed by atoms with Gasteiger partial charge < -0.3 is 10.1 Å². The number of likely N-dealkylation sites (tertiary alicyclic amines) is 1. The minimum atomic E-state index is -0.292. The van der Waals surface area contributed by atoms with E-state index in [4.69, 9.17) is 16.3 Å². The molecule has 0 bridgehead atoms. The number of methoxy groups -OCH3 is 1. The van der Waals surface area contributed by atoms with E-state index in [2.05, 4.69) is 10.2 Å². The molecule has 1 unspecified atom stereocenters. The summed E-state index contributed by atoms with van der Waals surface area (Å²) in [6.07, 6.45) is 1.79. The molecule has 0 aliphatic carbocycles. The molecular weight excluding hydrogens is 307 g/mol. The second kappa shape index (κ2) is 8.46. The lowest BCUT2D eigenvalue weighted by atomic mass is 9.96. The molecule has 6 heteroatoms. The van der Waals surface area contributed by atoms with Crippen LogP contribution in [-0.2, 0) is 16.1 Å². The summed E-state index contributed by atoms with van der Waals surface area (Å²) in [5, 5.41) is 3.31. The fourth-order valence-corrected chi connectivity index (χ4v) is 2.96. The molecule has 122 valence electrons. The average molecular weight is 329 g/mol. The Morgan fingerprint density at radius 1 is 1.55 bits per heavy atom. The highest BCUT2D eigenvalue weighted by Crippen LogP contribution is 2.24. The van der Waals surface area contributed by atoms with Crippen molar-refractivity contribution in [2.24, 2.45) is 5.92 Å². The molecule has 0 aromatic heterocycles. The molecule has 1 aromatic carbocycles. The molecule has 1 saturated heterocycles. The first-order valence-electron chi connectivity index (χ1n) is 7.53. The summed E-state index contributed by atoms with van der Waals surface area (Å²) < 4.78 is 18.8. The lowest BCUT2D eigenvalue weighted by molar-refractivity contribution is -0.127. The van der Waals surface area contributed by atoms with Gasteiger partial charge >= 0.3 is 0 Å². The number of rotatable bonds is 6. The van der Waals surface area contributed by atoms with E-state index in [1.54, 1.807) is 19.2 Å². The largest absolute Gasteiger partial charge is 0.383 e. The van der Waals surface area contributed by atoms with Gasteiger partial charge in [0.25, 0.3) is 0 Å². The minimum Gasteiger partial charge on any atom is -0.383 e. The SMILES string of the molecule is COCCNC(=O)C1CCCN(Cc2c(F)cccc2Cl)C1. The Balaban J connectivity index is 1.92. The van der Waals surface area contributed by atoms with E-state index in [1.807, 2.05) is 0 Å². The van der Waals surface area contributed by atoms with Crippen molar-refractivity contribution in [1.29, 1.82) is 0 Å². The Morgan fingerprint density at radius 3 is 3.09 bits per heavy atom. The van der Waals surface area contributed by atoms with E-state index >= 15 is 0 Å². The van der Waals surface area contributed by atoms with E-state index < -0.39 is 0 Å². The quantitative estimate of drug-likeness (QED) is 0.816. The van der Waals surface area contributed by atoms with Crippen molar-refractivity contribution in [3.63, 3.8) is 0 Å². The number of nitrogens with zero attached hydrogens (tertiary/aromatic N) is 1. The van der Waals surface area contributed by atoms with Crippen molar-refractivity contribution in [2.75, 3.05) is 33.4 Å². The topological polar surface area (TPSA) is 41.6 Å². The lowest BCUT2D eigenvalue weighted by Gasteiger charge is -2.32. The summed E-state index contributed by atoms with van der Waals surface area (Å²) >= 11 is 6.07. The van der Waals surface area contributed by atoms with Crippen LogP contribution in [-0.4, -0.2) is 44.2 Å². The van der Waals surface area contributed by atoms with Crippen molar-refractivity contribution < 1.29 is 13.9 Å². The Morgan fingerprint density at radius 2 is 2.36 bits per heavy atom. The monoisotopic (exact) mass is 328 g/mol. The van der Waals surface area contributed by atoms with Crippen LogP contribution in [0.15, 0.2) is 18.2 Å². The standard InChI is InChI=1S/C16H22ClFN2O2/c1-22-9-7-19-16(21)12-4-3-8-20(10-12)11-13-14(17)5-2-6-15(13)18/h2,5-6,12H,3-4,7-11H2,1H3,(H,19,21). The summed E-state index contributed by atoms with van der Waals surface area (Å²) in [7, 11) is 1.60. The van der Waals surface area contributed by atoms with Gasteiger partial charge in [-0.1, -0.05) is 17.7 Å². The fourth-order valence-electron chi connectivity index (χ4n) is 2.74. The molecule has 1 amide bonds. The Kier molecular flexibility index (Phi) is 6.61. The second-order valence-electron chi connectivity index (χ2n) is 5.56. The number of benzene rings is 1. The van der Waals surface area contributed by atoms with Gasteiger partial charge in [-0.25, -0.2) is 4.39 Å². The number of halogens is 2. The number of ether oxygens (including phenoxy) is 1. The first-order valence-corrected chi connectivity index (χ1v) is 7.91. The van der Waals surface area contributed by atoms with Gasteiger partial charge in [0.15, 0.2) is 0 Å². The molecule has 2 rings (SSSR count). The molecule has 22 heavy (non-hydrogen) atoms. The smallest absolute Gasteiger partial charge is 0.224 e. The van der Waals surface area contributed by atoms with Crippen LogP contribution in [0.4, 0.5) is 4.39 Å². The summed E-state index contributed by atoms with van der Waals surface area (Å²) in [5.41, 5.74) is 0.504. The number of hydrogen-bond acceptors (Lipinski definition) is 3. The van der Waals surface area contributed by atoms with E-state index in [1.165, 1.54) is 6.07 Å². The van der Waals surface area contributed by atoms with E-state index in [0.717, 1.165) is 19.4 Å². The molecule has 1 atom stereocenters. The molecule has 1 N–H and O–H groups in total. The average Bonchev–Trinajstić information content (AvgIpc) is 2.51. The fraction of sp³-hybridized carbons (Fsp3) is 0.562. The zero-order chi connectivity index (χ0) is 15.9. The zero-order valence-electron chi connectivity index (χ0n) is 12.8. The Labute approximate surface area is 135 Å².